The highest BCUT2D eigenvalue weighted by Gasteiger charge is 2.08. The molecule has 0 amide bonds. The zero-order chi connectivity index (χ0) is 11.5. The lowest BCUT2D eigenvalue weighted by Crippen LogP contribution is -2.22. The van der Waals surface area contributed by atoms with Gasteiger partial charge in [-0.25, -0.2) is 4.79 Å². The van der Waals surface area contributed by atoms with Crippen LogP contribution in [0.25, 0.3) is 0 Å². The monoisotopic (exact) mass is 222 g/mol. The zero-order valence-electron chi connectivity index (χ0n) is 9.38. The van der Waals surface area contributed by atoms with Gasteiger partial charge in [-0.05, 0) is 6.42 Å². The standard InChI is InChI=1S/C10H14N4O2/c1-3-4-8-11-9(16-12-8)7-14-6-5-13(2)10(14)15/h5-6H,3-4,7H2,1-2H3. The predicted molar refractivity (Wildman–Crippen MR) is 57.1 cm³/mol. The Morgan fingerprint density at radius 1 is 1.44 bits per heavy atom. The molecule has 2 aromatic heterocycles. The normalized spacial score (nSPS) is 10.9. The molecule has 0 unspecified atom stereocenters. The fraction of sp³-hybridized carbons (Fsp3) is 0.500. The fourth-order valence-electron chi connectivity index (χ4n) is 1.46. The molecule has 2 aromatic rings. The van der Waals surface area contributed by atoms with Gasteiger partial charge < -0.3 is 9.09 Å². The van der Waals surface area contributed by atoms with Gasteiger partial charge in [-0.15, -0.1) is 0 Å². The molecule has 16 heavy (non-hydrogen) atoms. The third-order valence-electron chi connectivity index (χ3n) is 2.31. The Kier molecular flexibility index (Phi) is 2.89. The molecule has 6 heteroatoms. The highest BCUT2D eigenvalue weighted by Crippen LogP contribution is 2.01. The minimum atomic E-state index is -0.0877. The summed E-state index contributed by atoms with van der Waals surface area (Å²) in [7, 11) is 1.70. The van der Waals surface area contributed by atoms with E-state index in [1.807, 2.05) is 0 Å². The SMILES string of the molecule is CCCc1noc(Cn2ccn(C)c2=O)n1. The van der Waals surface area contributed by atoms with E-state index in [4.69, 9.17) is 4.52 Å². The van der Waals surface area contributed by atoms with Gasteiger partial charge in [0.05, 0.1) is 0 Å². The second-order valence-electron chi connectivity index (χ2n) is 3.67. The molecule has 6 nitrogen and oxygen atoms in total. The first kappa shape index (κ1) is 10.7. The first-order valence-electron chi connectivity index (χ1n) is 5.24. The number of rotatable bonds is 4. The molecule has 0 aliphatic rings. The minimum absolute atomic E-state index is 0.0877. The summed E-state index contributed by atoms with van der Waals surface area (Å²) in [5.74, 6) is 1.17. The Balaban J connectivity index is 2.14. The van der Waals surface area contributed by atoms with Crippen LogP contribution in [-0.2, 0) is 20.0 Å². The second kappa shape index (κ2) is 4.34. The summed E-state index contributed by atoms with van der Waals surface area (Å²) >= 11 is 0. The van der Waals surface area contributed by atoms with Crippen molar-refractivity contribution in [3.05, 3.63) is 34.6 Å². The number of nitrogens with zero attached hydrogens (tertiary/aromatic N) is 4. The summed E-state index contributed by atoms with van der Waals surface area (Å²) in [6.45, 7) is 2.38. The van der Waals surface area contributed by atoms with E-state index in [0.717, 1.165) is 12.8 Å². The van der Waals surface area contributed by atoms with E-state index in [2.05, 4.69) is 17.1 Å². The lowest BCUT2D eigenvalue weighted by atomic mass is 10.3. The maximum Gasteiger partial charge on any atom is 0.328 e. The second-order valence-corrected chi connectivity index (χ2v) is 3.67. The van der Waals surface area contributed by atoms with Gasteiger partial charge >= 0.3 is 5.69 Å². The molecule has 0 aliphatic heterocycles. The van der Waals surface area contributed by atoms with Crippen molar-refractivity contribution in [2.75, 3.05) is 0 Å². The van der Waals surface area contributed by atoms with Crippen molar-refractivity contribution in [1.82, 2.24) is 19.3 Å². The van der Waals surface area contributed by atoms with Gasteiger partial charge in [-0.1, -0.05) is 12.1 Å². The first-order chi connectivity index (χ1) is 7.70. The summed E-state index contributed by atoms with van der Waals surface area (Å²) < 4.78 is 8.09. The van der Waals surface area contributed by atoms with E-state index in [1.165, 1.54) is 9.13 Å². The molecule has 0 N–H and O–H groups in total. The van der Waals surface area contributed by atoms with E-state index >= 15 is 0 Å². The molecule has 0 aromatic carbocycles. The lowest BCUT2D eigenvalue weighted by Gasteiger charge is -1.94. The van der Waals surface area contributed by atoms with Gasteiger partial charge in [0.25, 0.3) is 0 Å². The smallest absolute Gasteiger partial charge is 0.328 e. The number of imidazole rings is 1. The number of hydrogen-bond acceptors (Lipinski definition) is 4. The van der Waals surface area contributed by atoms with Crippen molar-refractivity contribution in [2.24, 2.45) is 7.05 Å². The fourth-order valence-corrected chi connectivity index (χ4v) is 1.46. The first-order valence-corrected chi connectivity index (χ1v) is 5.24. The maximum absolute atomic E-state index is 11.5. The summed E-state index contributed by atoms with van der Waals surface area (Å²) in [5.41, 5.74) is -0.0877. The van der Waals surface area contributed by atoms with Crippen LogP contribution in [0.1, 0.15) is 25.1 Å². The molecule has 2 heterocycles. The quantitative estimate of drug-likeness (QED) is 0.758. The van der Waals surface area contributed by atoms with E-state index in [9.17, 15) is 4.79 Å². The minimum Gasteiger partial charge on any atom is -0.337 e. The zero-order valence-corrected chi connectivity index (χ0v) is 9.38. The molecular formula is C10H14N4O2. The van der Waals surface area contributed by atoms with Crippen LogP contribution in [-0.4, -0.2) is 19.3 Å². The Morgan fingerprint density at radius 3 is 2.88 bits per heavy atom. The topological polar surface area (TPSA) is 65.8 Å². The van der Waals surface area contributed by atoms with E-state index in [0.29, 0.717) is 18.3 Å². The van der Waals surface area contributed by atoms with Crippen LogP contribution >= 0.6 is 0 Å². The molecule has 0 spiro atoms. The van der Waals surface area contributed by atoms with Crippen molar-refractivity contribution in [1.29, 1.82) is 0 Å². The van der Waals surface area contributed by atoms with E-state index < -0.39 is 0 Å². The summed E-state index contributed by atoms with van der Waals surface area (Å²) in [5, 5.41) is 3.83. The van der Waals surface area contributed by atoms with Crippen molar-refractivity contribution in [3.8, 4) is 0 Å². The summed E-state index contributed by atoms with van der Waals surface area (Å²) in [4.78, 5) is 15.7. The summed E-state index contributed by atoms with van der Waals surface area (Å²) in [6.07, 6.45) is 5.18. The molecule has 2 rings (SSSR count). The van der Waals surface area contributed by atoms with Gasteiger partial charge in [-0.2, -0.15) is 4.98 Å². The third kappa shape index (κ3) is 2.05. The van der Waals surface area contributed by atoms with Crippen LogP contribution in [0.2, 0.25) is 0 Å². The largest absolute Gasteiger partial charge is 0.337 e. The molecule has 0 saturated carbocycles. The Morgan fingerprint density at radius 2 is 2.25 bits per heavy atom. The molecule has 0 bridgehead atoms. The van der Waals surface area contributed by atoms with Crippen molar-refractivity contribution in [2.45, 2.75) is 26.3 Å². The molecule has 0 fully saturated rings. The van der Waals surface area contributed by atoms with Crippen LogP contribution < -0.4 is 5.69 Å². The Labute approximate surface area is 92.5 Å². The van der Waals surface area contributed by atoms with E-state index in [1.54, 1.807) is 19.4 Å². The highest BCUT2D eigenvalue weighted by molar-refractivity contribution is 4.90. The Hall–Kier alpha value is -1.85. The van der Waals surface area contributed by atoms with E-state index in [-0.39, 0.29) is 5.69 Å². The average Bonchev–Trinajstić information content (AvgIpc) is 2.82. The molecule has 0 radical (unpaired) electrons. The van der Waals surface area contributed by atoms with Crippen LogP contribution in [0.3, 0.4) is 0 Å². The predicted octanol–water partition coefficient (Wildman–Crippen LogP) is 0.571. The van der Waals surface area contributed by atoms with Gasteiger partial charge in [0.2, 0.25) is 5.89 Å². The average molecular weight is 222 g/mol. The highest BCUT2D eigenvalue weighted by atomic mass is 16.5. The lowest BCUT2D eigenvalue weighted by molar-refractivity contribution is 0.364. The van der Waals surface area contributed by atoms with Gasteiger partial charge in [0.1, 0.15) is 6.54 Å². The molecule has 0 atom stereocenters. The summed E-state index contributed by atoms with van der Waals surface area (Å²) in [6, 6.07) is 0. The number of aryl methyl sites for hydroxylation is 2. The third-order valence-corrected chi connectivity index (χ3v) is 2.31. The van der Waals surface area contributed by atoms with Crippen molar-refractivity contribution < 1.29 is 4.52 Å². The van der Waals surface area contributed by atoms with Crippen LogP contribution in [0, 0.1) is 0 Å². The molecule has 86 valence electrons. The van der Waals surface area contributed by atoms with Crippen LogP contribution in [0.4, 0.5) is 0 Å². The molecule has 0 aliphatic carbocycles. The molecular weight excluding hydrogens is 208 g/mol. The maximum atomic E-state index is 11.5. The molecule has 0 saturated heterocycles. The van der Waals surface area contributed by atoms with Gasteiger partial charge in [0, 0.05) is 25.9 Å². The number of aromatic nitrogens is 4. The van der Waals surface area contributed by atoms with Crippen molar-refractivity contribution >= 4 is 0 Å². The van der Waals surface area contributed by atoms with Crippen LogP contribution in [0.5, 0.6) is 0 Å². The van der Waals surface area contributed by atoms with Gasteiger partial charge in [-0.3, -0.25) is 4.57 Å². The van der Waals surface area contributed by atoms with Crippen molar-refractivity contribution in [3.63, 3.8) is 0 Å². The van der Waals surface area contributed by atoms with Gasteiger partial charge in [0.15, 0.2) is 5.82 Å². The number of hydrogen-bond donors (Lipinski definition) is 0. The van der Waals surface area contributed by atoms with Crippen LogP contribution in [0.15, 0.2) is 21.7 Å². The Bertz CT molecular complexity index is 523.